The maximum absolute atomic E-state index is 11.6. The van der Waals surface area contributed by atoms with Crippen LogP contribution in [0.2, 0.25) is 10.0 Å². The molecule has 18 heavy (non-hydrogen) atoms. The smallest absolute Gasteiger partial charge is 0.222 e. The van der Waals surface area contributed by atoms with Crippen molar-refractivity contribution in [3.8, 4) is 11.5 Å². The topological polar surface area (TPSA) is 35.5 Å². The Bertz CT molecular complexity index is 491. The first kappa shape index (κ1) is 13.2. The summed E-state index contributed by atoms with van der Waals surface area (Å²) in [5.41, 5.74) is 0. The molecule has 0 fully saturated rings. The molecule has 0 aliphatic carbocycles. The van der Waals surface area contributed by atoms with E-state index in [1.165, 1.54) is 0 Å². The Kier molecular flexibility index (Phi) is 4.43. The summed E-state index contributed by atoms with van der Waals surface area (Å²) in [6.45, 7) is 0. The minimum Gasteiger partial charge on any atom is -0.222 e. The van der Waals surface area contributed by atoms with E-state index in [2.05, 4.69) is 0 Å². The molecule has 0 atom stereocenters. The Morgan fingerprint density at radius 2 is 1.06 bits per heavy atom. The van der Waals surface area contributed by atoms with Crippen LogP contribution in [0.4, 0.5) is 0 Å². The molecule has 2 rings (SSSR count). The summed E-state index contributed by atoms with van der Waals surface area (Å²) in [6, 6.07) is 13.0. The average molecular weight is 302 g/mol. The van der Waals surface area contributed by atoms with Crippen molar-refractivity contribution in [1.29, 1.82) is 0 Å². The van der Waals surface area contributed by atoms with Gasteiger partial charge in [-0.3, -0.25) is 0 Å². The minimum absolute atomic E-state index is 0.425. The van der Waals surface area contributed by atoms with Crippen molar-refractivity contribution in [3.05, 3.63) is 58.6 Å². The summed E-state index contributed by atoms with van der Waals surface area (Å²) >= 11 is 11.4. The summed E-state index contributed by atoms with van der Waals surface area (Å²) in [6.07, 6.45) is 0. The first-order valence-corrected chi connectivity index (χ1v) is 6.83. The second kappa shape index (κ2) is 6.05. The van der Waals surface area contributed by atoms with E-state index in [1.807, 2.05) is 0 Å². The van der Waals surface area contributed by atoms with Crippen LogP contribution in [-0.2, 0) is 4.57 Å². The normalized spacial score (nSPS) is 9.89. The van der Waals surface area contributed by atoms with E-state index >= 15 is 0 Å². The molecule has 0 saturated heterocycles. The predicted octanol–water partition coefficient (Wildman–Crippen LogP) is 5.11. The fourth-order valence-corrected chi connectivity index (χ4v) is 2.06. The molecule has 0 bridgehead atoms. The Morgan fingerprint density at radius 1 is 0.722 bits per heavy atom. The second-order valence-corrected chi connectivity index (χ2v) is 5.00. The van der Waals surface area contributed by atoms with Gasteiger partial charge in [-0.25, -0.2) is 9.05 Å². The van der Waals surface area contributed by atoms with Gasteiger partial charge >= 0.3 is 8.25 Å². The highest BCUT2D eigenvalue weighted by Crippen LogP contribution is 2.31. The molecule has 2 aromatic rings. The fraction of sp³-hybridized carbons (Fsp3) is 0. The number of hydrogen-bond acceptors (Lipinski definition) is 3. The number of rotatable bonds is 4. The molecule has 2 aromatic carbocycles. The summed E-state index contributed by atoms with van der Waals surface area (Å²) < 4.78 is 21.8. The lowest BCUT2D eigenvalue weighted by Gasteiger charge is -1.95. The van der Waals surface area contributed by atoms with Crippen molar-refractivity contribution in [2.24, 2.45) is 0 Å². The van der Waals surface area contributed by atoms with Gasteiger partial charge < -0.3 is 0 Å². The van der Waals surface area contributed by atoms with Crippen LogP contribution >= 0.6 is 31.5 Å². The zero-order chi connectivity index (χ0) is 13.0. The molecule has 0 spiro atoms. The van der Waals surface area contributed by atoms with Crippen molar-refractivity contribution in [3.63, 3.8) is 0 Å². The average Bonchev–Trinajstić information content (AvgIpc) is 2.35. The monoisotopic (exact) mass is 301 g/mol. The molecule has 0 amide bonds. The SMILES string of the molecule is O=[P+](Oc1ccc(Cl)cc1)Oc1ccc(Cl)cc1. The lowest BCUT2D eigenvalue weighted by molar-refractivity contribution is 0.415. The highest BCUT2D eigenvalue weighted by Gasteiger charge is 2.23. The third-order valence-electron chi connectivity index (χ3n) is 1.99. The van der Waals surface area contributed by atoms with Crippen LogP contribution in [0.15, 0.2) is 48.5 Å². The summed E-state index contributed by atoms with van der Waals surface area (Å²) in [5, 5.41) is 1.16. The van der Waals surface area contributed by atoms with Crippen LogP contribution in [0, 0.1) is 0 Å². The highest BCUT2D eigenvalue weighted by molar-refractivity contribution is 7.34. The Labute approximate surface area is 115 Å². The first-order valence-electron chi connectivity index (χ1n) is 4.98. The number of halogens is 2. The molecule has 0 aromatic heterocycles. The van der Waals surface area contributed by atoms with Gasteiger partial charge in [0.1, 0.15) is 0 Å². The molecule has 0 radical (unpaired) electrons. The predicted molar refractivity (Wildman–Crippen MR) is 71.8 cm³/mol. The zero-order valence-corrected chi connectivity index (χ0v) is 11.5. The molecule has 3 nitrogen and oxygen atoms in total. The largest absolute Gasteiger partial charge is 0.805 e. The Morgan fingerprint density at radius 3 is 1.39 bits per heavy atom. The van der Waals surface area contributed by atoms with E-state index < -0.39 is 8.25 Å². The van der Waals surface area contributed by atoms with Crippen molar-refractivity contribution in [2.75, 3.05) is 0 Å². The third-order valence-corrected chi connectivity index (χ3v) is 3.21. The van der Waals surface area contributed by atoms with Crippen LogP contribution in [0.5, 0.6) is 11.5 Å². The maximum atomic E-state index is 11.6. The molecular formula is C12H8Cl2O3P+. The van der Waals surface area contributed by atoms with Gasteiger partial charge in [0.25, 0.3) is 0 Å². The van der Waals surface area contributed by atoms with E-state index in [4.69, 9.17) is 32.2 Å². The van der Waals surface area contributed by atoms with Gasteiger partial charge in [0.2, 0.25) is 0 Å². The van der Waals surface area contributed by atoms with Crippen LogP contribution in [0.1, 0.15) is 0 Å². The lowest BCUT2D eigenvalue weighted by Crippen LogP contribution is -1.88. The van der Waals surface area contributed by atoms with E-state index in [9.17, 15) is 4.57 Å². The van der Waals surface area contributed by atoms with Crippen LogP contribution < -0.4 is 9.05 Å². The van der Waals surface area contributed by atoms with Gasteiger partial charge in [0, 0.05) is 14.6 Å². The van der Waals surface area contributed by atoms with Gasteiger partial charge in [0.05, 0.1) is 0 Å². The van der Waals surface area contributed by atoms with E-state index in [1.54, 1.807) is 48.5 Å². The number of hydrogen-bond donors (Lipinski definition) is 0. The summed E-state index contributed by atoms with van der Waals surface area (Å²) in [4.78, 5) is 0. The summed E-state index contributed by atoms with van der Waals surface area (Å²) in [5.74, 6) is 0.851. The van der Waals surface area contributed by atoms with Gasteiger partial charge in [0.15, 0.2) is 11.5 Å². The fourth-order valence-electron chi connectivity index (χ4n) is 1.18. The standard InChI is InChI=1S/C12H8Cl2O3P/c13-9-1-5-11(6-2-9)16-18(15)17-12-7-3-10(14)4-8-12/h1-8H/q+1. The molecule has 6 heteroatoms. The molecular weight excluding hydrogens is 294 g/mol. The summed E-state index contributed by atoms with van der Waals surface area (Å²) in [7, 11) is -2.29. The van der Waals surface area contributed by atoms with Crippen LogP contribution in [0.25, 0.3) is 0 Å². The third kappa shape index (κ3) is 3.88. The lowest BCUT2D eigenvalue weighted by atomic mass is 10.3. The van der Waals surface area contributed by atoms with Gasteiger partial charge in [-0.05, 0) is 48.5 Å². The van der Waals surface area contributed by atoms with Crippen molar-refractivity contribution >= 4 is 31.5 Å². The van der Waals surface area contributed by atoms with E-state index in [0.29, 0.717) is 21.5 Å². The van der Waals surface area contributed by atoms with Crippen molar-refractivity contribution in [1.82, 2.24) is 0 Å². The van der Waals surface area contributed by atoms with E-state index in [-0.39, 0.29) is 0 Å². The Hall–Kier alpha value is -1.28. The molecule has 0 unspecified atom stereocenters. The van der Waals surface area contributed by atoms with Gasteiger partial charge in [-0.1, -0.05) is 23.2 Å². The van der Waals surface area contributed by atoms with Crippen LogP contribution in [0.3, 0.4) is 0 Å². The van der Waals surface area contributed by atoms with Crippen LogP contribution in [-0.4, -0.2) is 0 Å². The quantitative estimate of drug-likeness (QED) is 0.736. The molecule has 0 aliphatic heterocycles. The molecule has 0 N–H and O–H groups in total. The van der Waals surface area contributed by atoms with E-state index in [0.717, 1.165) is 0 Å². The molecule has 92 valence electrons. The highest BCUT2D eigenvalue weighted by atomic mass is 35.5. The Balaban J connectivity index is 1.96. The van der Waals surface area contributed by atoms with Gasteiger partial charge in [-0.15, -0.1) is 0 Å². The zero-order valence-electron chi connectivity index (χ0n) is 9.05. The minimum atomic E-state index is -2.29. The second-order valence-electron chi connectivity index (χ2n) is 3.31. The molecule has 0 heterocycles. The van der Waals surface area contributed by atoms with Crippen molar-refractivity contribution < 1.29 is 13.6 Å². The molecule has 0 aliphatic rings. The number of benzene rings is 2. The van der Waals surface area contributed by atoms with Crippen molar-refractivity contribution in [2.45, 2.75) is 0 Å². The van der Waals surface area contributed by atoms with Gasteiger partial charge in [-0.2, -0.15) is 0 Å². The molecule has 0 saturated carbocycles. The maximum Gasteiger partial charge on any atom is 0.805 e. The first-order chi connectivity index (χ1) is 8.63.